The van der Waals surface area contributed by atoms with Gasteiger partial charge in [0, 0.05) is 17.3 Å². The molecule has 3 N–H and O–H groups in total. The number of thiazole rings is 1. The summed E-state index contributed by atoms with van der Waals surface area (Å²) < 4.78 is 63.6. The third kappa shape index (κ3) is 4.08. The summed E-state index contributed by atoms with van der Waals surface area (Å²) in [6, 6.07) is 9.16. The Labute approximate surface area is 170 Å². The summed E-state index contributed by atoms with van der Waals surface area (Å²) in [6.45, 7) is -2.97. The number of hydrogen-bond donors (Lipinski definition) is 2. The van der Waals surface area contributed by atoms with E-state index in [0.717, 1.165) is 11.3 Å². The molecule has 0 bridgehead atoms. The molecule has 2 aromatic carbocycles. The number of aromatic nitrogens is 1. The normalized spacial score (nSPS) is 14.0. The highest BCUT2D eigenvalue weighted by molar-refractivity contribution is 7.18. The molecule has 1 aliphatic heterocycles. The number of anilines is 3. The van der Waals surface area contributed by atoms with Gasteiger partial charge in [-0.25, -0.2) is 4.98 Å². The maximum atomic E-state index is 13.1. The zero-order valence-corrected chi connectivity index (χ0v) is 15.5. The van der Waals surface area contributed by atoms with Gasteiger partial charge in [0.1, 0.15) is 16.4 Å². The number of nitrogens with two attached hydrogens (primary N) is 1. The first-order valence-corrected chi connectivity index (χ1v) is 9.04. The van der Waals surface area contributed by atoms with Crippen molar-refractivity contribution in [1.82, 2.24) is 4.98 Å². The summed E-state index contributed by atoms with van der Waals surface area (Å²) in [5, 5.41) is 3.09. The van der Waals surface area contributed by atoms with E-state index in [4.69, 9.17) is 5.73 Å². The number of carbonyl (C=O) groups excluding carboxylic acids is 1. The highest BCUT2D eigenvalue weighted by Crippen LogP contribution is 2.43. The molecule has 0 fully saturated rings. The van der Waals surface area contributed by atoms with Crippen molar-refractivity contribution in [1.29, 1.82) is 0 Å². The second-order valence-corrected chi connectivity index (χ2v) is 6.92. The number of fused-ring (bicyclic) bond motifs is 1. The molecule has 30 heavy (non-hydrogen) atoms. The molecule has 1 aliphatic rings. The van der Waals surface area contributed by atoms with Gasteiger partial charge in [-0.15, -0.1) is 8.78 Å². The Kier molecular flexibility index (Phi) is 4.86. The Morgan fingerprint density at radius 1 is 1.13 bits per heavy atom. The molecule has 4 rings (SSSR count). The molecule has 0 aliphatic carbocycles. The van der Waals surface area contributed by atoms with Crippen LogP contribution in [0.5, 0.6) is 17.2 Å². The van der Waals surface area contributed by atoms with E-state index < -0.39 is 18.7 Å². The van der Waals surface area contributed by atoms with Crippen molar-refractivity contribution < 1.29 is 36.6 Å². The van der Waals surface area contributed by atoms with Gasteiger partial charge in [0.25, 0.3) is 0 Å². The fourth-order valence-electron chi connectivity index (χ4n) is 2.62. The molecule has 1 aromatic heterocycles. The first-order valence-electron chi connectivity index (χ1n) is 8.23. The Hall–Kier alpha value is -3.54. The number of nitrogens with one attached hydrogen (secondary N) is 1. The number of ketones is 1. The van der Waals surface area contributed by atoms with Gasteiger partial charge in [-0.3, -0.25) is 4.79 Å². The molecule has 0 atom stereocenters. The van der Waals surface area contributed by atoms with E-state index in [1.165, 1.54) is 42.5 Å². The lowest BCUT2D eigenvalue weighted by atomic mass is 10.1. The Bertz CT molecular complexity index is 1110. The molecule has 0 saturated heterocycles. The standard InChI is InChI=1S/C18H11F4N3O4S/c19-16(20)27-10-4-1-8(2-5-10)13(26)14-15(23)25-17(30-14)24-9-3-6-11-12(7-9)29-18(21,22)28-11/h1-7,16H,23H2,(H,24,25). The minimum Gasteiger partial charge on any atom is -0.435 e. The van der Waals surface area contributed by atoms with Crippen molar-refractivity contribution in [2.75, 3.05) is 11.1 Å². The highest BCUT2D eigenvalue weighted by atomic mass is 32.1. The number of nitrogens with zero attached hydrogens (tertiary/aromatic N) is 1. The van der Waals surface area contributed by atoms with E-state index in [2.05, 4.69) is 24.5 Å². The van der Waals surface area contributed by atoms with Crippen LogP contribution in [0.2, 0.25) is 0 Å². The topological polar surface area (TPSA) is 95.7 Å². The van der Waals surface area contributed by atoms with Crippen LogP contribution in [0.15, 0.2) is 42.5 Å². The largest absolute Gasteiger partial charge is 0.586 e. The van der Waals surface area contributed by atoms with Gasteiger partial charge in [0.2, 0.25) is 5.78 Å². The van der Waals surface area contributed by atoms with Gasteiger partial charge in [0.15, 0.2) is 16.6 Å². The zero-order valence-electron chi connectivity index (χ0n) is 14.7. The van der Waals surface area contributed by atoms with E-state index in [-0.39, 0.29) is 38.6 Å². The van der Waals surface area contributed by atoms with E-state index in [1.54, 1.807) is 0 Å². The average molecular weight is 441 g/mol. The summed E-state index contributed by atoms with van der Waals surface area (Å²) in [5.74, 6) is -0.870. The predicted octanol–water partition coefficient (Wildman–Crippen LogP) is 4.62. The highest BCUT2D eigenvalue weighted by Gasteiger charge is 2.43. The number of alkyl halides is 4. The summed E-state index contributed by atoms with van der Waals surface area (Å²) in [7, 11) is 0. The molecule has 0 amide bonds. The number of nitrogen functional groups attached to an aromatic ring is 1. The lowest BCUT2D eigenvalue weighted by Gasteiger charge is -2.05. The Balaban J connectivity index is 1.50. The molecular weight excluding hydrogens is 430 g/mol. The lowest BCUT2D eigenvalue weighted by molar-refractivity contribution is -0.286. The first-order chi connectivity index (χ1) is 14.2. The smallest absolute Gasteiger partial charge is 0.435 e. The number of carbonyl (C=O) groups is 1. The number of rotatable bonds is 6. The number of ether oxygens (including phenoxy) is 3. The molecule has 156 valence electrons. The van der Waals surface area contributed by atoms with Crippen LogP contribution in [0.25, 0.3) is 0 Å². The van der Waals surface area contributed by atoms with Crippen LogP contribution in [0.1, 0.15) is 15.2 Å². The average Bonchev–Trinajstić information content (AvgIpc) is 3.18. The number of benzene rings is 2. The fourth-order valence-corrected chi connectivity index (χ4v) is 3.48. The van der Waals surface area contributed by atoms with Crippen molar-refractivity contribution >= 4 is 33.8 Å². The fraction of sp³-hybridized carbons (Fsp3) is 0.111. The van der Waals surface area contributed by atoms with Crippen LogP contribution in [-0.4, -0.2) is 23.7 Å². The minimum absolute atomic E-state index is 0.0484. The molecule has 7 nitrogen and oxygen atoms in total. The van der Waals surface area contributed by atoms with Gasteiger partial charge < -0.3 is 25.3 Å². The summed E-state index contributed by atoms with van der Waals surface area (Å²) >= 11 is 0.937. The molecule has 2 heterocycles. The van der Waals surface area contributed by atoms with Crippen molar-refractivity contribution in [3.05, 3.63) is 52.9 Å². The van der Waals surface area contributed by atoms with E-state index in [9.17, 15) is 22.4 Å². The van der Waals surface area contributed by atoms with Gasteiger partial charge in [0.05, 0.1) is 0 Å². The summed E-state index contributed by atoms with van der Waals surface area (Å²) in [5.41, 5.74) is 6.38. The second-order valence-electron chi connectivity index (χ2n) is 5.92. The molecular formula is C18H11F4N3O4S. The summed E-state index contributed by atoms with van der Waals surface area (Å²) in [6.07, 6.45) is -3.73. The maximum absolute atomic E-state index is 13.1. The van der Waals surface area contributed by atoms with Crippen molar-refractivity contribution in [3.8, 4) is 17.2 Å². The quantitative estimate of drug-likeness (QED) is 0.426. The van der Waals surface area contributed by atoms with E-state index >= 15 is 0 Å². The zero-order chi connectivity index (χ0) is 21.5. The molecule has 0 unspecified atom stereocenters. The van der Waals surface area contributed by atoms with Gasteiger partial charge in [-0.2, -0.15) is 8.78 Å². The van der Waals surface area contributed by atoms with Crippen LogP contribution in [-0.2, 0) is 0 Å². The van der Waals surface area contributed by atoms with Crippen molar-refractivity contribution in [2.45, 2.75) is 12.9 Å². The van der Waals surface area contributed by atoms with Crippen LogP contribution >= 0.6 is 11.3 Å². The second kappa shape index (κ2) is 7.37. The van der Waals surface area contributed by atoms with Crippen LogP contribution in [0.4, 0.5) is 34.2 Å². The third-order valence-electron chi connectivity index (χ3n) is 3.85. The Morgan fingerprint density at radius 2 is 1.83 bits per heavy atom. The van der Waals surface area contributed by atoms with Crippen molar-refractivity contribution in [3.63, 3.8) is 0 Å². The lowest BCUT2D eigenvalue weighted by Crippen LogP contribution is -2.25. The van der Waals surface area contributed by atoms with Gasteiger partial charge in [-0.1, -0.05) is 11.3 Å². The SMILES string of the molecule is Nc1nc(Nc2ccc3c(c2)OC(F)(F)O3)sc1C(=O)c1ccc(OC(F)F)cc1. The first kappa shape index (κ1) is 19.8. The molecule has 0 saturated carbocycles. The minimum atomic E-state index is -3.73. The molecule has 0 spiro atoms. The third-order valence-corrected chi connectivity index (χ3v) is 4.84. The van der Waals surface area contributed by atoms with Crippen molar-refractivity contribution in [2.24, 2.45) is 0 Å². The molecule has 3 aromatic rings. The van der Waals surface area contributed by atoms with Gasteiger partial charge in [-0.05, 0) is 36.4 Å². The number of halogens is 4. The monoisotopic (exact) mass is 441 g/mol. The predicted molar refractivity (Wildman–Crippen MR) is 99.0 cm³/mol. The van der Waals surface area contributed by atoms with E-state index in [0.29, 0.717) is 5.69 Å². The molecule has 0 radical (unpaired) electrons. The van der Waals surface area contributed by atoms with Gasteiger partial charge >= 0.3 is 12.9 Å². The van der Waals surface area contributed by atoms with E-state index in [1.807, 2.05) is 0 Å². The molecule has 12 heteroatoms. The maximum Gasteiger partial charge on any atom is 0.586 e. The van der Waals surface area contributed by atoms with Crippen LogP contribution in [0, 0.1) is 0 Å². The van der Waals surface area contributed by atoms with Crippen LogP contribution < -0.4 is 25.3 Å². The van der Waals surface area contributed by atoms with Crippen LogP contribution in [0.3, 0.4) is 0 Å². The Morgan fingerprint density at radius 3 is 2.53 bits per heavy atom. The number of hydrogen-bond acceptors (Lipinski definition) is 8. The summed E-state index contributed by atoms with van der Waals surface area (Å²) in [4.78, 5) is 16.8.